The van der Waals surface area contributed by atoms with E-state index < -0.39 is 0 Å². The minimum atomic E-state index is -0.149. The van der Waals surface area contributed by atoms with Crippen LogP contribution in [0.1, 0.15) is 40.0 Å². The van der Waals surface area contributed by atoms with Gasteiger partial charge in [-0.25, -0.2) is 4.79 Å². The molecule has 4 heteroatoms. The standard InChI is InChI=1S/C19H35BNO2/c1-5-11-21(7-3,12-6-2)13-14-23-19(22)18-10-8-9-17(15-18)16-20-4/h8,10,15,17,20H,5-7,9,11-14,16H2,1-4H3/q+1. The number of quaternary nitrogens is 1. The van der Waals surface area contributed by atoms with Gasteiger partial charge in [-0.15, -0.1) is 0 Å². The van der Waals surface area contributed by atoms with E-state index in [1.54, 1.807) is 0 Å². The third-order valence-electron chi connectivity index (χ3n) is 4.91. The molecule has 0 bridgehead atoms. The second-order valence-corrected chi connectivity index (χ2v) is 6.77. The molecule has 1 aliphatic carbocycles. The Labute approximate surface area is 143 Å². The van der Waals surface area contributed by atoms with E-state index in [9.17, 15) is 4.79 Å². The van der Waals surface area contributed by atoms with Gasteiger partial charge in [0.25, 0.3) is 0 Å². The minimum Gasteiger partial charge on any atom is -0.456 e. The smallest absolute Gasteiger partial charge is 0.338 e. The maximum absolute atomic E-state index is 12.3. The van der Waals surface area contributed by atoms with Crippen molar-refractivity contribution in [2.24, 2.45) is 5.92 Å². The molecule has 3 nitrogen and oxygen atoms in total. The minimum absolute atomic E-state index is 0.149. The lowest BCUT2D eigenvalue weighted by Gasteiger charge is -2.37. The van der Waals surface area contributed by atoms with Gasteiger partial charge >= 0.3 is 5.97 Å². The Kier molecular flexibility index (Phi) is 9.31. The summed E-state index contributed by atoms with van der Waals surface area (Å²) in [5.74, 6) is 0.350. The number of rotatable bonds is 11. The van der Waals surface area contributed by atoms with E-state index in [0.29, 0.717) is 12.5 Å². The van der Waals surface area contributed by atoms with Crippen molar-refractivity contribution < 1.29 is 14.0 Å². The Hall–Kier alpha value is -1.03. The molecule has 0 aliphatic heterocycles. The summed E-state index contributed by atoms with van der Waals surface area (Å²) in [6.07, 6.45) is 10.7. The van der Waals surface area contributed by atoms with Crippen molar-refractivity contribution in [3.8, 4) is 0 Å². The molecule has 130 valence electrons. The SMILES string of the molecule is CBCC1C=C(C(=O)OCC[N+](CC)(CCC)CCC)C=CC1. The normalized spacial score (nSPS) is 17.7. The second kappa shape index (κ2) is 10.7. The predicted octanol–water partition coefficient (Wildman–Crippen LogP) is 3.59. The summed E-state index contributed by atoms with van der Waals surface area (Å²) in [4.78, 5) is 12.3. The fraction of sp³-hybridized carbons (Fsp3) is 0.737. The quantitative estimate of drug-likeness (QED) is 0.330. The summed E-state index contributed by atoms with van der Waals surface area (Å²) in [5.41, 5.74) is 0.746. The van der Waals surface area contributed by atoms with E-state index in [0.717, 1.165) is 43.2 Å². The maximum atomic E-state index is 12.3. The zero-order chi connectivity index (χ0) is 17.1. The molecule has 0 radical (unpaired) electrons. The van der Waals surface area contributed by atoms with Gasteiger partial charge in [-0.1, -0.05) is 45.2 Å². The van der Waals surface area contributed by atoms with Gasteiger partial charge in [0.05, 0.1) is 25.2 Å². The lowest BCUT2D eigenvalue weighted by molar-refractivity contribution is -0.926. The Bertz CT molecular complexity index is 412. The molecule has 0 aromatic rings. The first-order valence-electron chi connectivity index (χ1n) is 9.51. The maximum Gasteiger partial charge on any atom is 0.338 e. The van der Waals surface area contributed by atoms with Crippen molar-refractivity contribution in [3.05, 3.63) is 23.8 Å². The molecule has 1 unspecified atom stereocenters. The predicted molar refractivity (Wildman–Crippen MR) is 100 cm³/mol. The van der Waals surface area contributed by atoms with Crippen LogP contribution >= 0.6 is 0 Å². The molecule has 1 rings (SSSR count). The number of hydrogen-bond acceptors (Lipinski definition) is 2. The number of esters is 1. The number of carbonyl (C=O) groups excluding carboxylic acids is 1. The van der Waals surface area contributed by atoms with Gasteiger partial charge in [-0.05, 0) is 32.1 Å². The second-order valence-electron chi connectivity index (χ2n) is 6.77. The van der Waals surface area contributed by atoms with Crippen molar-refractivity contribution in [2.75, 3.05) is 32.8 Å². The molecule has 1 atom stereocenters. The highest BCUT2D eigenvalue weighted by Gasteiger charge is 2.24. The zero-order valence-electron chi connectivity index (χ0n) is 15.6. The van der Waals surface area contributed by atoms with Crippen molar-refractivity contribution >= 4 is 13.2 Å². The lowest BCUT2D eigenvalue weighted by atomic mass is 9.70. The largest absolute Gasteiger partial charge is 0.456 e. The lowest BCUT2D eigenvalue weighted by Crippen LogP contribution is -2.51. The highest BCUT2D eigenvalue weighted by molar-refractivity contribution is 6.33. The van der Waals surface area contributed by atoms with Crippen LogP contribution in [0.5, 0.6) is 0 Å². The number of hydrogen-bond donors (Lipinski definition) is 0. The van der Waals surface area contributed by atoms with E-state index in [2.05, 4.69) is 39.7 Å². The first-order valence-corrected chi connectivity index (χ1v) is 9.51. The molecular weight excluding hydrogens is 285 g/mol. The van der Waals surface area contributed by atoms with E-state index >= 15 is 0 Å². The van der Waals surface area contributed by atoms with Gasteiger partial charge in [0.1, 0.15) is 20.4 Å². The van der Waals surface area contributed by atoms with Gasteiger partial charge < -0.3 is 9.22 Å². The fourth-order valence-electron chi connectivity index (χ4n) is 3.63. The van der Waals surface area contributed by atoms with Gasteiger partial charge in [0.2, 0.25) is 0 Å². The van der Waals surface area contributed by atoms with Crippen LogP contribution in [0, 0.1) is 5.92 Å². The van der Waals surface area contributed by atoms with Crippen molar-refractivity contribution in [3.63, 3.8) is 0 Å². The molecule has 0 aromatic carbocycles. The molecule has 0 saturated heterocycles. The Morgan fingerprint density at radius 1 is 1.26 bits per heavy atom. The molecule has 0 amide bonds. The van der Waals surface area contributed by atoms with Crippen LogP contribution in [0.2, 0.25) is 13.1 Å². The summed E-state index contributed by atoms with van der Waals surface area (Å²) in [6.45, 7) is 13.8. The van der Waals surface area contributed by atoms with Crippen LogP contribution in [0.4, 0.5) is 0 Å². The number of ether oxygens (including phenoxy) is 1. The number of carbonyl (C=O) groups is 1. The molecule has 0 saturated carbocycles. The van der Waals surface area contributed by atoms with Crippen LogP contribution in [-0.2, 0) is 9.53 Å². The average Bonchev–Trinajstić information content (AvgIpc) is 2.55. The highest BCUT2D eigenvalue weighted by atomic mass is 16.5. The summed E-state index contributed by atoms with van der Waals surface area (Å²) in [5, 5.41) is 0. The highest BCUT2D eigenvalue weighted by Crippen LogP contribution is 2.21. The first-order chi connectivity index (χ1) is 11.1. The van der Waals surface area contributed by atoms with Gasteiger partial charge in [-0.2, -0.15) is 0 Å². The first kappa shape index (κ1) is 20.0. The molecule has 23 heavy (non-hydrogen) atoms. The van der Waals surface area contributed by atoms with Crippen molar-refractivity contribution in [1.82, 2.24) is 0 Å². The van der Waals surface area contributed by atoms with Crippen molar-refractivity contribution in [1.29, 1.82) is 0 Å². The number of nitrogens with zero attached hydrogens (tertiary/aromatic N) is 1. The van der Waals surface area contributed by atoms with Crippen LogP contribution in [-0.4, -0.2) is 50.5 Å². The Balaban J connectivity index is 2.53. The molecule has 0 spiro atoms. The number of likely N-dealkylation sites (N-methyl/N-ethyl adjacent to an activating group) is 1. The summed E-state index contributed by atoms with van der Waals surface area (Å²) in [7, 11) is 1.15. The third kappa shape index (κ3) is 6.54. The van der Waals surface area contributed by atoms with Gasteiger partial charge in [0.15, 0.2) is 0 Å². The zero-order valence-corrected chi connectivity index (χ0v) is 15.6. The van der Waals surface area contributed by atoms with E-state index in [4.69, 9.17) is 4.74 Å². The third-order valence-corrected chi connectivity index (χ3v) is 4.91. The summed E-state index contributed by atoms with van der Waals surface area (Å²) >= 11 is 0. The average molecular weight is 320 g/mol. The van der Waals surface area contributed by atoms with E-state index in [1.165, 1.54) is 25.9 Å². The van der Waals surface area contributed by atoms with Gasteiger partial charge in [0, 0.05) is 0 Å². The van der Waals surface area contributed by atoms with Crippen LogP contribution in [0.15, 0.2) is 23.8 Å². The molecular formula is C19H35BNO2+. The number of allylic oxidation sites excluding steroid dienone is 2. The van der Waals surface area contributed by atoms with E-state index in [1.807, 2.05) is 6.08 Å². The molecule has 0 fully saturated rings. The summed E-state index contributed by atoms with van der Waals surface area (Å²) in [6, 6.07) is 0. The molecule has 0 heterocycles. The van der Waals surface area contributed by atoms with Crippen molar-refractivity contribution in [2.45, 2.75) is 53.2 Å². The Morgan fingerprint density at radius 2 is 1.96 bits per heavy atom. The van der Waals surface area contributed by atoms with Gasteiger partial charge in [-0.3, -0.25) is 0 Å². The summed E-state index contributed by atoms with van der Waals surface area (Å²) < 4.78 is 6.65. The Morgan fingerprint density at radius 3 is 2.52 bits per heavy atom. The fourth-order valence-corrected chi connectivity index (χ4v) is 3.63. The molecule has 0 aromatic heterocycles. The van der Waals surface area contributed by atoms with E-state index in [-0.39, 0.29) is 5.97 Å². The molecule has 1 aliphatic rings. The van der Waals surface area contributed by atoms with Crippen LogP contribution in [0.25, 0.3) is 0 Å². The topological polar surface area (TPSA) is 26.3 Å². The van der Waals surface area contributed by atoms with Crippen LogP contribution in [0.3, 0.4) is 0 Å². The molecule has 0 N–H and O–H groups in total. The monoisotopic (exact) mass is 320 g/mol. The van der Waals surface area contributed by atoms with Crippen LogP contribution < -0.4 is 0 Å².